The maximum atomic E-state index is 13.4. The second kappa shape index (κ2) is 8.76. The zero-order valence-electron chi connectivity index (χ0n) is 16.8. The predicted octanol–water partition coefficient (Wildman–Crippen LogP) is 4.03. The Kier molecular flexibility index (Phi) is 5.92. The SMILES string of the molecule is C[C@@H]1CN(c2cc(Oc3cccc(F)c3)ncn2)CCN1C(=O)C1CCCCC1. The highest BCUT2D eigenvalue weighted by Crippen LogP contribution is 2.28. The number of piperazine rings is 1. The molecular weight excluding hydrogens is 371 g/mol. The van der Waals surface area contributed by atoms with Gasteiger partial charge in [0.1, 0.15) is 23.7 Å². The second-order valence-corrected chi connectivity index (χ2v) is 7.94. The summed E-state index contributed by atoms with van der Waals surface area (Å²) >= 11 is 0. The summed E-state index contributed by atoms with van der Waals surface area (Å²) in [4.78, 5) is 25.6. The van der Waals surface area contributed by atoms with Crippen molar-refractivity contribution < 1.29 is 13.9 Å². The number of hydrogen-bond acceptors (Lipinski definition) is 5. The molecule has 1 saturated heterocycles. The molecule has 1 aromatic carbocycles. The molecule has 2 aliphatic rings. The van der Waals surface area contributed by atoms with Crippen molar-refractivity contribution in [1.82, 2.24) is 14.9 Å². The maximum absolute atomic E-state index is 13.4. The Morgan fingerprint density at radius 3 is 2.72 bits per heavy atom. The van der Waals surface area contributed by atoms with Crippen molar-refractivity contribution in [1.29, 1.82) is 0 Å². The summed E-state index contributed by atoms with van der Waals surface area (Å²) in [6.07, 6.45) is 7.09. The van der Waals surface area contributed by atoms with Crippen LogP contribution in [0, 0.1) is 11.7 Å². The summed E-state index contributed by atoms with van der Waals surface area (Å²) in [6.45, 7) is 4.23. The lowest BCUT2D eigenvalue weighted by molar-refractivity contribution is -0.139. The quantitative estimate of drug-likeness (QED) is 0.778. The number of ether oxygens (including phenoxy) is 1. The molecule has 1 aliphatic heterocycles. The molecule has 1 saturated carbocycles. The van der Waals surface area contributed by atoms with Gasteiger partial charge in [-0.1, -0.05) is 25.3 Å². The van der Waals surface area contributed by atoms with Crippen LogP contribution in [0.15, 0.2) is 36.7 Å². The average Bonchev–Trinajstić information content (AvgIpc) is 2.74. The molecule has 2 aromatic rings. The standard InChI is InChI=1S/C22H27FN4O2/c1-16-14-26(10-11-27(16)22(28)17-6-3-2-4-7-17)20-13-21(25-15-24-20)29-19-9-5-8-18(23)12-19/h5,8-9,12-13,15-17H,2-4,6-7,10-11,14H2,1H3/t16-/m1/s1. The Bertz CT molecular complexity index is 856. The molecule has 1 aliphatic carbocycles. The molecule has 1 atom stereocenters. The molecule has 29 heavy (non-hydrogen) atoms. The number of halogens is 1. The first-order chi connectivity index (χ1) is 14.1. The summed E-state index contributed by atoms with van der Waals surface area (Å²) in [5.41, 5.74) is 0. The van der Waals surface area contributed by atoms with E-state index >= 15 is 0 Å². The first-order valence-electron chi connectivity index (χ1n) is 10.4. The molecule has 2 heterocycles. The summed E-state index contributed by atoms with van der Waals surface area (Å²) in [5, 5.41) is 0. The molecule has 4 rings (SSSR count). The topological polar surface area (TPSA) is 58.6 Å². The van der Waals surface area contributed by atoms with Crippen LogP contribution in [0.4, 0.5) is 10.2 Å². The van der Waals surface area contributed by atoms with E-state index in [1.807, 2.05) is 4.90 Å². The van der Waals surface area contributed by atoms with Crippen LogP contribution >= 0.6 is 0 Å². The normalized spacial score (nSPS) is 20.6. The minimum Gasteiger partial charge on any atom is -0.439 e. The summed E-state index contributed by atoms with van der Waals surface area (Å²) < 4.78 is 19.0. The third-order valence-corrected chi connectivity index (χ3v) is 5.84. The van der Waals surface area contributed by atoms with Gasteiger partial charge in [0.05, 0.1) is 0 Å². The molecule has 7 heteroatoms. The van der Waals surface area contributed by atoms with Crippen LogP contribution < -0.4 is 9.64 Å². The first-order valence-corrected chi connectivity index (χ1v) is 10.4. The number of aromatic nitrogens is 2. The van der Waals surface area contributed by atoms with Gasteiger partial charge in [-0.15, -0.1) is 0 Å². The van der Waals surface area contributed by atoms with Gasteiger partial charge in [0.2, 0.25) is 11.8 Å². The number of carbonyl (C=O) groups is 1. The molecule has 0 N–H and O–H groups in total. The Labute approximate surface area is 170 Å². The minimum absolute atomic E-state index is 0.126. The fraction of sp³-hybridized carbons (Fsp3) is 0.500. The van der Waals surface area contributed by atoms with E-state index in [1.165, 1.54) is 37.7 Å². The smallest absolute Gasteiger partial charge is 0.226 e. The van der Waals surface area contributed by atoms with E-state index < -0.39 is 0 Å². The van der Waals surface area contributed by atoms with Crippen molar-refractivity contribution in [3.05, 3.63) is 42.5 Å². The van der Waals surface area contributed by atoms with Crippen molar-refractivity contribution in [3.63, 3.8) is 0 Å². The second-order valence-electron chi connectivity index (χ2n) is 7.94. The Morgan fingerprint density at radius 2 is 1.97 bits per heavy atom. The van der Waals surface area contributed by atoms with Gasteiger partial charge in [-0.05, 0) is 31.9 Å². The van der Waals surface area contributed by atoms with E-state index in [-0.39, 0.29) is 17.8 Å². The molecule has 1 amide bonds. The first kappa shape index (κ1) is 19.6. The molecule has 154 valence electrons. The summed E-state index contributed by atoms with van der Waals surface area (Å²) in [7, 11) is 0. The highest BCUT2D eigenvalue weighted by molar-refractivity contribution is 5.79. The van der Waals surface area contributed by atoms with Crippen LogP contribution in [0.5, 0.6) is 11.6 Å². The molecule has 1 aromatic heterocycles. The maximum Gasteiger partial charge on any atom is 0.226 e. The Balaban J connectivity index is 1.40. The van der Waals surface area contributed by atoms with Gasteiger partial charge in [-0.2, -0.15) is 0 Å². The average molecular weight is 398 g/mol. The zero-order valence-corrected chi connectivity index (χ0v) is 16.8. The van der Waals surface area contributed by atoms with E-state index in [0.717, 1.165) is 31.7 Å². The highest BCUT2D eigenvalue weighted by atomic mass is 19.1. The lowest BCUT2D eigenvalue weighted by Crippen LogP contribution is -2.55. The zero-order chi connectivity index (χ0) is 20.2. The number of carbonyl (C=O) groups excluding carboxylic acids is 1. The number of hydrogen-bond donors (Lipinski definition) is 0. The van der Waals surface area contributed by atoms with Crippen molar-refractivity contribution in [2.45, 2.75) is 45.1 Å². The van der Waals surface area contributed by atoms with Gasteiger partial charge in [0.15, 0.2) is 0 Å². The van der Waals surface area contributed by atoms with Crippen molar-refractivity contribution in [3.8, 4) is 11.6 Å². The van der Waals surface area contributed by atoms with Crippen LogP contribution in [-0.2, 0) is 4.79 Å². The largest absolute Gasteiger partial charge is 0.439 e. The highest BCUT2D eigenvalue weighted by Gasteiger charge is 2.32. The van der Waals surface area contributed by atoms with E-state index in [2.05, 4.69) is 21.8 Å². The summed E-state index contributed by atoms with van der Waals surface area (Å²) in [5.74, 6) is 1.67. The van der Waals surface area contributed by atoms with Gasteiger partial charge >= 0.3 is 0 Å². The third-order valence-electron chi connectivity index (χ3n) is 5.84. The van der Waals surface area contributed by atoms with Crippen LogP contribution in [0.25, 0.3) is 0 Å². The van der Waals surface area contributed by atoms with Crippen molar-refractivity contribution in [2.24, 2.45) is 5.92 Å². The predicted molar refractivity (Wildman–Crippen MR) is 108 cm³/mol. The number of nitrogens with zero attached hydrogens (tertiary/aromatic N) is 4. The van der Waals surface area contributed by atoms with Gasteiger partial charge in [-0.25, -0.2) is 14.4 Å². The minimum atomic E-state index is -0.357. The fourth-order valence-corrected chi connectivity index (χ4v) is 4.29. The number of benzene rings is 1. The van der Waals surface area contributed by atoms with Crippen LogP contribution in [-0.4, -0.2) is 46.5 Å². The monoisotopic (exact) mass is 398 g/mol. The molecular formula is C22H27FN4O2. The van der Waals surface area contributed by atoms with Gasteiger partial charge in [-0.3, -0.25) is 4.79 Å². The Morgan fingerprint density at radius 1 is 1.14 bits per heavy atom. The van der Waals surface area contributed by atoms with Gasteiger partial charge in [0, 0.05) is 43.7 Å². The van der Waals surface area contributed by atoms with Crippen molar-refractivity contribution in [2.75, 3.05) is 24.5 Å². The molecule has 0 unspecified atom stereocenters. The van der Waals surface area contributed by atoms with Gasteiger partial charge < -0.3 is 14.5 Å². The van der Waals surface area contributed by atoms with Crippen LogP contribution in [0.2, 0.25) is 0 Å². The van der Waals surface area contributed by atoms with E-state index in [1.54, 1.807) is 18.2 Å². The van der Waals surface area contributed by atoms with E-state index in [0.29, 0.717) is 24.1 Å². The number of anilines is 1. The van der Waals surface area contributed by atoms with Crippen LogP contribution in [0.3, 0.4) is 0 Å². The lowest BCUT2D eigenvalue weighted by Gasteiger charge is -2.42. The molecule has 0 radical (unpaired) electrons. The number of rotatable bonds is 4. The van der Waals surface area contributed by atoms with E-state index in [9.17, 15) is 9.18 Å². The Hall–Kier alpha value is -2.70. The van der Waals surface area contributed by atoms with Gasteiger partial charge in [0.25, 0.3) is 0 Å². The molecule has 2 fully saturated rings. The molecule has 6 nitrogen and oxygen atoms in total. The van der Waals surface area contributed by atoms with Crippen LogP contribution in [0.1, 0.15) is 39.0 Å². The summed E-state index contributed by atoms with van der Waals surface area (Å²) in [6, 6.07) is 7.85. The molecule has 0 spiro atoms. The molecule has 0 bridgehead atoms. The van der Waals surface area contributed by atoms with E-state index in [4.69, 9.17) is 4.74 Å². The van der Waals surface area contributed by atoms with Crippen molar-refractivity contribution >= 4 is 11.7 Å². The lowest BCUT2D eigenvalue weighted by atomic mass is 9.88. The third kappa shape index (κ3) is 4.66. The fourth-order valence-electron chi connectivity index (χ4n) is 4.29. The number of amides is 1.